The van der Waals surface area contributed by atoms with Crippen LogP contribution in [0, 0.1) is 26.7 Å². The van der Waals surface area contributed by atoms with Crippen molar-refractivity contribution in [2.75, 3.05) is 16.8 Å². The van der Waals surface area contributed by atoms with Crippen LogP contribution in [0.1, 0.15) is 35.6 Å². The maximum atomic E-state index is 12.8. The van der Waals surface area contributed by atoms with E-state index in [1.54, 1.807) is 4.90 Å². The molecule has 0 saturated carbocycles. The Hall–Kier alpha value is -2.62. The summed E-state index contributed by atoms with van der Waals surface area (Å²) in [5, 5.41) is 3.04. The first kappa shape index (κ1) is 18.2. The van der Waals surface area contributed by atoms with Crippen molar-refractivity contribution in [3.63, 3.8) is 0 Å². The van der Waals surface area contributed by atoms with Crippen LogP contribution in [0.2, 0.25) is 0 Å². The number of aryl methyl sites for hydroxylation is 4. The minimum absolute atomic E-state index is 0.00996. The molecule has 1 N–H and O–H groups in total. The molecule has 136 valence electrons. The average Bonchev–Trinajstić information content (AvgIpc) is 3.00. The Morgan fingerprint density at radius 3 is 2.50 bits per heavy atom. The molecule has 26 heavy (non-hydrogen) atoms. The zero-order valence-corrected chi connectivity index (χ0v) is 15.9. The molecule has 2 aromatic rings. The van der Waals surface area contributed by atoms with Gasteiger partial charge in [-0.1, -0.05) is 36.8 Å². The molecule has 4 heteroatoms. The van der Waals surface area contributed by atoms with E-state index in [0.29, 0.717) is 6.54 Å². The number of benzene rings is 2. The molecular formula is C22H26N2O2. The van der Waals surface area contributed by atoms with Crippen molar-refractivity contribution in [1.29, 1.82) is 0 Å². The van der Waals surface area contributed by atoms with Gasteiger partial charge in [-0.05, 0) is 56.0 Å². The van der Waals surface area contributed by atoms with Crippen LogP contribution in [0.4, 0.5) is 11.4 Å². The highest BCUT2D eigenvalue weighted by molar-refractivity contribution is 6.04. The molecule has 1 aliphatic heterocycles. The standard InChI is InChI=1S/C22H26N2O2/c1-5-17-7-6-8-19(11-17)24-13-18(12-20(24)25)22(26)23-21-15(3)9-14(2)10-16(21)4/h6-11,18H,5,12-13H2,1-4H3,(H,23,26)/t18-/m0/s1. The summed E-state index contributed by atoms with van der Waals surface area (Å²) in [6, 6.07) is 12.1. The lowest BCUT2D eigenvalue weighted by atomic mass is 10.0. The SMILES string of the molecule is CCc1cccc(N2C[C@@H](C(=O)Nc3c(C)cc(C)cc3C)CC2=O)c1. The molecule has 0 spiro atoms. The molecule has 2 amide bonds. The molecule has 0 unspecified atom stereocenters. The van der Waals surface area contributed by atoms with Crippen molar-refractivity contribution in [3.05, 3.63) is 58.7 Å². The van der Waals surface area contributed by atoms with E-state index in [1.165, 1.54) is 11.1 Å². The van der Waals surface area contributed by atoms with Crippen molar-refractivity contribution in [2.24, 2.45) is 5.92 Å². The minimum Gasteiger partial charge on any atom is -0.325 e. The molecule has 0 aromatic heterocycles. The van der Waals surface area contributed by atoms with E-state index in [1.807, 2.05) is 39.0 Å². The molecule has 4 nitrogen and oxygen atoms in total. The third-order valence-corrected chi connectivity index (χ3v) is 5.05. The number of carbonyl (C=O) groups is 2. The van der Waals surface area contributed by atoms with Gasteiger partial charge in [0.25, 0.3) is 0 Å². The second kappa shape index (κ2) is 7.32. The Kier molecular flexibility index (Phi) is 5.12. The first-order valence-electron chi connectivity index (χ1n) is 9.17. The van der Waals surface area contributed by atoms with Crippen LogP contribution in [-0.2, 0) is 16.0 Å². The molecule has 1 fully saturated rings. The Labute approximate surface area is 155 Å². The van der Waals surface area contributed by atoms with Gasteiger partial charge < -0.3 is 10.2 Å². The molecule has 0 bridgehead atoms. The van der Waals surface area contributed by atoms with E-state index < -0.39 is 0 Å². The summed E-state index contributed by atoms with van der Waals surface area (Å²) in [6.07, 6.45) is 1.18. The van der Waals surface area contributed by atoms with Crippen LogP contribution in [0.25, 0.3) is 0 Å². The molecule has 2 aromatic carbocycles. The third-order valence-electron chi connectivity index (χ3n) is 5.05. The van der Waals surface area contributed by atoms with Gasteiger partial charge in [0.05, 0.1) is 5.92 Å². The maximum absolute atomic E-state index is 12.8. The van der Waals surface area contributed by atoms with Crippen LogP contribution in [-0.4, -0.2) is 18.4 Å². The summed E-state index contributed by atoms with van der Waals surface area (Å²) in [5.74, 6) is -0.397. The minimum atomic E-state index is -0.326. The number of hydrogen-bond acceptors (Lipinski definition) is 2. The fourth-order valence-electron chi connectivity index (χ4n) is 3.68. The highest BCUT2D eigenvalue weighted by Crippen LogP contribution is 2.28. The van der Waals surface area contributed by atoms with Crippen molar-refractivity contribution in [2.45, 2.75) is 40.5 Å². The molecule has 1 heterocycles. The second-order valence-electron chi connectivity index (χ2n) is 7.19. The van der Waals surface area contributed by atoms with Crippen molar-refractivity contribution in [3.8, 4) is 0 Å². The number of hydrogen-bond donors (Lipinski definition) is 1. The Morgan fingerprint density at radius 1 is 1.15 bits per heavy atom. The first-order chi connectivity index (χ1) is 12.4. The summed E-state index contributed by atoms with van der Waals surface area (Å²) >= 11 is 0. The number of nitrogens with zero attached hydrogens (tertiary/aromatic N) is 1. The molecular weight excluding hydrogens is 324 g/mol. The molecule has 1 atom stereocenters. The first-order valence-corrected chi connectivity index (χ1v) is 9.17. The van der Waals surface area contributed by atoms with E-state index in [0.717, 1.165) is 28.9 Å². The Balaban J connectivity index is 1.75. The van der Waals surface area contributed by atoms with Crippen LogP contribution in [0.3, 0.4) is 0 Å². The number of nitrogens with one attached hydrogen (secondary N) is 1. The van der Waals surface area contributed by atoms with Crippen LogP contribution < -0.4 is 10.2 Å². The average molecular weight is 350 g/mol. The normalized spacial score (nSPS) is 16.8. The maximum Gasteiger partial charge on any atom is 0.229 e. The van der Waals surface area contributed by atoms with Crippen LogP contribution in [0.15, 0.2) is 36.4 Å². The van der Waals surface area contributed by atoms with Crippen molar-refractivity contribution in [1.82, 2.24) is 0 Å². The fourth-order valence-corrected chi connectivity index (χ4v) is 3.68. The summed E-state index contributed by atoms with van der Waals surface area (Å²) in [6.45, 7) is 8.56. The molecule has 0 aliphatic carbocycles. The van der Waals surface area contributed by atoms with Gasteiger partial charge in [-0.25, -0.2) is 0 Å². The van der Waals surface area contributed by atoms with E-state index in [2.05, 4.69) is 30.4 Å². The fraction of sp³-hybridized carbons (Fsp3) is 0.364. The van der Waals surface area contributed by atoms with Gasteiger partial charge >= 0.3 is 0 Å². The van der Waals surface area contributed by atoms with Gasteiger partial charge in [0, 0.05) is 24.3 Å². The summed E-state index contributed by atoms with van der Waals surface area (Å²) < 4.78 is 0. The van der Waals surface area contributed by atoms with Crippen molar-refractivity contribution >= 4 is 23.2 Å². The monoisotopic (exact) mass is 350 g/mol. The van der Waals surface area contributed by atoms with Gasteiger partial charge in [0.1, 0.15) is 0 Å². The van der Waals surface area contributed by atoms with Gasteiger partial charge in [-0.15, -0.1) is 0 Å². The lowest BCUT2D eigenvalue weighted by Gasteiger charge is -2.18. The van der Waals surface area contributed by atoms with Gasteiger partial charge in [-0.3, -0.25) is 9.59 Å². The number of amides is 2. The van der Waals surface area contributed by atoms with Gasteiger partial charge in [0.2, 0.25) is 11.8 Å². The second-order valence-corrected chi connectivity index (χ2v) is 7.19. The van der Waals surface area contributed by atoms with E-state index >= 15 is 0 Å². The summed E-state index contributed by atoms with van der Waals surface area (Å²) in [7, 11) is 0. The lowest BCUT2D eigenvalue weighted by molar-refractivity contribution is -0.122. The number of carbonyl (C=O) groups excluding carboxylic acids is 2. The van der Waals surface area contributed by atoms with Gasteiger partial charge in [0.15, 0.2) is 0 Å². The quantitative estimate of drug-likeness (QED) is 0.900. The molecule has 1 saturated heterocycles. The van der Waals surface area contributed by atoms with Crippen LogP contribution in [0.5, 0.6) is 0 Å². The third kappa shape index (κ3) is 3.64. The number of rotatable bonds is 4. The predicted molar refractivity (Wildman–Crippen MR) is 106 cm³/mol. The lowest BCUT2D eigenvalue weighted by Crippen LogP contribution is -2.28. The topological polar surface area (TPSA) is 49.4 Å². The van der Waals surface area contributed by atoms with E-state index in [-0.39, 0.29) is 24.2 Å². The highest BCUT2D eigenvalue weighted by atomic mass is 16.2. The van der Waals surface area contributed by atoms with Crippen molar-refractivity contribution < 1.29 is 9.59 Å². The molecule has 0 radical (unpaired) electrons. The largest absolute Gasteiger partial charge is 0.325 e. The zero-order chi connectivity index (χ0) is 18.8. The molecule has 3 rings (SSSR count). The zero-order valence-electron chi connectivity index (χ0n) is 15.9. The number of anilines is 2. The summed E-state index contributed by atoms with van der Waals surface area (Å²) in [4.78, 5) is 27.0. The Morgan fingerprint density at radius 2 is 1.85 bits per heavy atom. The summed E-state index contributed by atoms with van der Waals surface area (Å²) in [5.41, 5.74) is 6.21. The van der Waals surface area contributed by atoms with E-state index in [9.17, 15) is 9.59 Å². The van der Waals surface area contributed by atoms with Crippen LogP contribution >= 0.6 is 0 Å². The molecule has 1 aliphatic rings. The van der Waals surface area contributed by atoms with E-state index in [4.69, 9.17) is 0 Å². The van der Waals surface area contributed by atoms with Gasteiger partial charge in [-0.2, -0.15) is 0 Å². The Bertz CT molecular complexity index is 834. The smallest absolute Gasteiger partial charge is 0.229 e. The highest BCUT2D eigenvalue weighted by Gasteiger charge is 2.35. The predicted octanol–water partition coefficient (Wildman–Crippen LogP) is 4.17.